The molecule has 3 aromatic rings. The van der Waals surface area contributed by atoms with Gasteiger partial charge in [0.25, 0.3) is 6.47 Å². The highest BCUT2D eigenvalue weighted by molar-refractivity contribution is 5.78. The van der Waals surface area contributed by atoms with Crippen LogP contribution in [0.5, 0.6) is 0 Å². The van der Waals surface area contributed by atoms with Gasteiger partial charge in [-0.1, -0.05) is 37.5 Å². The van der Waals surface area contributed by atoms with Gasteiger partial charge in [0.1, 0.15) is 5.52 Å². The van der Waals surface area contributed by atoms with Crippen molar-refractivity contribution in [3.05, 3.63) is 54.5 Å². The molecule has 6 nitrogen and oxygen atoms in total. The largest absolute Gasteiger partial charge is 0.483 e. The second-order valence-corrected chi connectivity index (χ2v) is 6.64. The molecule has 140 valence electrons. The van der Waals surface area contributed by atoms with Crippen molar-refractivity contribution in [2.45, 2.75) is 44.7 Å². The summed E-state index contributed by atoms with van der Waals surface area (Å²) in [4.78, 5) is 21.6. The van der Waals surface area contributed by atoms with Crippen molar-refractivity contribution in [2.24, 2.45) is 0 Å². The van der Waals surface area contributed by atoms with Crippen molar-refractivity contribution < 1.29 is 9.90 Å². The van der Waals surface area contributed by atoms with Gasteiger partial charge in [-0.3, -0.25) is 19.7 Å². The Balaban J connectivity index is 0.000000659. The Labute approximate surface area is 158 Å². The van der Waals surface area contributed by atoms with E-state index in [4.69, 9.17) is 9.90 Å². The molecule has 0 bridgehead atoms. The average Bonchev–Trinajstić information content (AvgIpc) is 2.73. The predicted molar refractivity (Wildman–Crippen MR) is 105 cm³/mol. The Morgan fingerprint density at radius 3 is 2.56 bits per heavy atom. The maximum Gasteiger partial charge on any atom is 0.290 e. The van der Waals surface area contributed by atoms with Gasteiger partial charge in [-0.2, -0.15) is 0 Å². The van der Waals surface area contributed by atoms with Crippen LogP contribution in [0.4, 0.5) is 0 Å². The molecule has 0 aliphatic heterocycles. The molecule has 1 aliphatic carbocycles. The molecule has 1 aliphatic rings. The van der Waals surface area contributed by atoms with Gasteiger partial charge in [0.2, 0.25) is 0 Å². The summed E-state index contributed by atoms with van der Waals surface area (Å²) in [6.07, 6.45) is 11.9. The first kappa shape index (κ1) is 18.9. The van der Waals surface area contributed by atoms with E-state index in [9.17, 15) is 0 Å². The van der Waals surface area contributed by atoms with Crippen molar-refractivity contribution in [3.8, 4) is 11.3 Å². The minimum absolute atomic E-state index is 0.250. The van der Waals surface area contributed by atoms with E-state index in [0.29, 0.717) is 6.04 Å². The number of carboxylic acid groups (broad SMARTS) is 1. The fourth-order valence-corrected chi connectivity index (χ4v) is 3.44. The smallest absolute Gasteiger partial charge is 0.290 e. The fraction of sp³-hybridized carbons (Fsp3) is 0.333. The average molecular weight is 364 g/mol. The number of carbonyl (C=O) groups is 1. The maximum atomic E-state index is 8.36. The Morgan fingerprint density at radius 2 is 1.78 bits per heavy atom. The summed E-state index contributed by atoms with van der Waals surface area (Å²) < 4.78 is 0. The molecule has 0 unspecified atom stereocenters. The monoisotopic (exact) mass is 364 g/mol. The Bertz CT molecular complexity index is 879. The molecule has 0 atom stereocenters. The van der Waals surface area contributed by atoms with Crippen LogP contribution in [0.1, 0.15) is 37.7 Å². The van der Waals surface area contributed by atoms with Crippen LogP contribution in [0, 0.1) is 0 Å². The van der Waals surface area contributed by atoms with E-state index < -0.39 is 0 Å². The number of pyridine rings is 1. The summed E-state index contributed by atoms with van der Waals surface area (Å²) in [7, 11) is 0. The third kappa shape index (κ3) is 5.31. The minimum atomic E-state index is -0.250. The lowest BCUT2D eigenvalue weighted by Gasteiger charge is -2.23. The van der Waals surface area contributed by atoms with Gasteiger partial charge in [-0.25, -0.2) is 0 Å². The van der Waals surface area contributed by atoms with Crippen molar-refractivity contribution in [3.63, 3.8) is 0 Å². The van der Waals surface area contributed by atoms with Crippen LogP contribution in [0.2, 0.25) is 0 Å². The van der Waals surface area contributed by atoms with Crippen LogP contribution in [0.25, 0.3) is 22.3 Å². The standard InChI is InChI=1S/C20H22N4.CH2O2/c1-2-7-17(8-3-1)23-13-15-5-4-6-16(11-15)18-12-19-20(14-24-18)22-10-9-21-19;2-1-3/h4-6,9-12,14,17,23H,1-3,7-8,13H2;1H,(H,2,3). The third-order valence-electron chi connectivity index (χ3n) is 4.78. The van der Waals surface area contributed by atoms with E-state index in [0.717, 1.165) is 28.8 Å². The Hall–Kier alpha value is -2.86. The van der Waals surface area contributed by atoms with Crippen molar-refractivity contribution in [1.29, 1.82) is 0 Å². The van der Waals surface area contributed by atoms with Gasteiger partial charge in [-0.15, -0.1) is 0 Å². The minimum Gasteiger partial charge on any atom is -0.483 e. The molecule has 0 amide bonds. The number of hydrogen-bond donors (Lipinski definition) is 2. The maximum absolute atomic E-state index is 8.36. The number of nitrogens with zero attached hydrogens (tertiary/aromatic N) is 3. The molecule has 6 heteroatoms. The summed E-state index contributed by atoms with van der Waals surface area (Å²) in [5.74, 6) is 0. The molecule has 2 heterocycles. The topological polar surface area (TPSA) is 88.0 Å². The molecular weight excluding hydrogens is 340 g/mol. The first-order valence-corrected chi connectivity index (χ1v) is 9.27. The van der Waals surface area contributed by atoms with Crippen LogP contribution >= 0.6 is 0 Å². The SMILES string of the molecule is O=CO.c1cc(CNC2CCCCC2)cc(-c2cc3nccnc3cn2)c1. The molecule has 4 rings (SSSR count). The third-order valence-corrected chi connectivity index (χ3v) is 4.78. The molecule has 0 radical (unpaired) electrons. The zero-order valence-electron chi connectivity index (χ0n) is 15.2. The van der Waals surface area contributed by atoms with E-state index >= 15 is 0 Å². The van der Waals surface area contributed by atoms with Gasteiger partial charge in [0, 0.05) is 30.5 Å². The number of nitrogens with one attached hydrogen (secondary N) is 1. The summed E-state index contributed by atoms with van der Waals surface area (Å²) in [5, 5.41) is 10.6. The number of hydrogen-bond acceptors (Lipinski definition) is 5. The van der Waals surface area contributed by atoms with Crippen molar-refractivity contribution in [2.75, 3.05) is 0 Å². The van der Waals surface area contributed by atoms with E-state index in [1.54, 1.807) is 18.6 Å². The molecule has 2 N–H and O–H groups in total. The van der Waals surface area contributed by atoms with Crippen LogP contribution in [-0.4, -0.2) is 32.6 Å². The lowest BCUT2D eigenvalue weighted by atomic mass is 9.95. The molecular formula is C21H24N4O2. The predicted octanol–water partition coefficient (Wildman–Crippen LogP) is 3.81. The highest BCUT2D eigenvalue weighted by atomic mass is 16.3. The number of benzene rings is 1. The number of fused-ring (bicyclic) bond motifs is 1. The second kappa shape index (κ2) is 9.73. The number of aromatic nitrogens is 3. The van der Waals surface area contributed by atoms with E-state index in [2.05, 4.69) is 44.5 Å². The van der Waals surface area contributed by atoms with E-state index in [1.165, 1.54) is 37.7 Å². The zero-order valence-corrected chi connectivity index (χ0v) is 15.2. The summed E-state index contributed by atoms with van der Waals surface area (Å²) in [6, 6.07) is 11.3. The molecule has 1 aromatic carbocycles. The van der Waals surface area contributed by atoms with Gasteiger partial charge in [0.15, 0.2) is 0 Å². The van der Waals surface area contributed by atoms with Gasteiger partial charge >= 0.3 is 0 Å². The molecule has 2 aromatic heterocycles. The lowest BCUT2D eigenvalue weighted by molar-refractivity contribution is -0.122. The summed E-state index contributed by atoms with van der Waals surface area (Å²) in [6.45, 7) is 0.673. The number of rotatable bonds is 4. The molecule has 1 saturated carbocycles. The molecule has 27 heavy (non-hydrogen) atoms. The van der Waals surface area contributed by atoms with Crippen LogP contribution in [-0.2, 0) is 11.3 Å². The fourth-order valence-electron chi connectivity index (χ4n) is 3.44. The highest BCUT2D eigenvalue weighted by Crippen LogP contribution is 2.22. The Kier molecular flexibility index (Phi) is 6.82. The van der Waals surface area contributed by atoms with Crippen molar-refractivity contribution in [1.82, 2.24) is 20.3 Å². The van der Waals surface area contributed by atoms with Crippen LogP contribution in [0.15, 0.2) is 48.9 Å². The van der Waals surface area contributed by atoms with E-state index in [1.807, 2.05) is 6.07 Å². The summed E-state index contributed by atoms with van der Waals surface area (Å²) in [5.41, 5.74) is 5.09. The quantitative estimate of drug-likeness (QED) is 0.684. The zero-order chi connectivity index (χ0) is 18.9. The van der Waals surface area contributed by atoms with Gasteiger partial charge < -0.3 is 10.4 Å². The first-order chi connectivity index (χ1) is 13.3. The Morgan fingerprint density at radius 1 is 1.04 bits per heavy atom. The normalized spacial score (nSPS) is 14.4. The lowest BCUT2D eigenvalue weighted by Crippen LogP contribution is -2.30. The molecule has 0 spiro atoms. The highest BCUT2D eigenvalue weighted by Gasteiger charge is 2.12. The molecule has 0 saturated heterocycles. The summed E-state index contributed by atoms with van der Waals surface area (Å²) >= 11 is 0. The van der Waals surface area contributed by atoms with Crippen LogP contribution in [0.3, 0.4) is 0 Å². The second-order valence-electron chi connectivity index (χ2n) is 6.64. The van der Waals surface area contributed by atoms with Crippen molar-refractivity contribution >= 4 is 17.5 Å². The van der Waals surface area contributed by atoms with Gasteiger partial charge in [0.05, 0.1) is 17.4 Å². The first-order valence-electron chi connectivity index (χ1n) is 9.27. The molecule has 1 fully saturated rings. The van der Waals surface area contributed by atoms with E-state index in [-0.39, 0.29) is 6.47 Å². The van der Waals surface area contributed by atoms with Crippen LogP contribution < -0.4 is 5.32 Å². The van der Waals surface area contributed by atoms with Gasteiger partial charge in [-0.05, 0) is 30.5 Å².